The molecule has 140 valence electrons. The summed E-state index contributed by atoms with van der Waals surface area (Å²) in [5.41, 5.74) is 3.14. The molecule has 2 amide bonds. The second kappa shape index (κ2) is 8.72. The van der Waals surface area contributed by atoms with Crippen molar-refractivity contribution in [2.24, 2.45) is 0 Å². The fraction of sp³-hybridized carbons (Fsp3) is 0.0625. The van der Waals surface area contributed by atoms with E-state index in [1.807, 2.05) is 10.9 Å². The Morgan fingerprint density at radius 2 is 1.81 bits per heavy atom. The lowest BCUT2D eigenvalue weighted by molar-refractivity contribution is -0.384. The van der Waals surface area contributed by atoms with Gasteiger partial charge in [0.05, 0.1) is 21.1 Å². The van der Waals surface area contributed by atoms with E-state index in [1.165, 1.54) is 18.2 Å². The maximum Gasteiger partial charge on any atom is 0.340 e. The van der Waals surface area contributed by atoms with Crippen molar-refractivity contribution in [2.75, 3.05) is 6.61 Å². The Morgan fingerprint density at radius 1 is 1.11 bits per heavy atom. The minimum absolute atomic E-state index is 0.176. The van der Waals surface area contributed by atoms with Crippen molar-refractivity contribution < 1.29 is 28.4 Å². The molecule has 0 spiro atoms. The number of non-ortho nitro benzene ring substituents is 1. The highest BCUT2D eigenvalue weighted by atomic mass is 35.5. The van der Waals surface area contributed by atoms with Crippen molar-refractivity contribution in [3.63, 3.8) is 0 Å². The topological polar surface area (TPSA) is 128 Å². The zero-order chi connectivity index (χ0) is 20.0. The summed E-state index contributed by atoms with van der Waals surface area (Å²) < 4.78 is 18.1. The lowest BCUT2D eigenvalue weighted by atomic mass is 10.2. The number of amides is 2. The lowest BCUT2D eigenvalue weighted by Gasteiger charge is -2.09. The van der Waals surface area contributed by atoms with Crippen LogP contribution in [0.25, 0.3) is 0 Å². The van der Waals surface area contributed by atoms with Crippen LogP contribution in [0.15, 0.2) is 42.5 Å². The summed E-state index contributed by atoms with van der Waals surface area (Å²) in [5, 5.41) is 10.4. The number of carbonyl (C=O) groups is 3. The van der Waals surface area contributed by atoms with Crippen LogP contribution in [0.4, 0.5) is 10.1 Å². The van der Waals surface area contributed by atoms with Gasteiger partial charge in [0, 0.05) is 12.1 Å². The molecular formula is C16H11ClFN3O6. The van der Waals surface area contributed by atoms with Crippen LogP contribution in [0.5, 0.6) is 0 Å². The van der Waals surface area contributed by atoms with Gasteiger partial charge < -0.3 is 4.74 Å². The molecule has 0 aliphatic rings. The van der Waals surface area contributed by atoms with E-state index in [0.717, 1.165) is 24.3 Å². The first-order valence-corrected chi connectivity index (χ1v) is 7.62. The van der Waals surface area contributed by atoms with Gasteiger partial charge in [-0.1, -0.05) is 23.7 Å². The number of rotatable bonds is 5. The number of nitrogens with zero attached hydrogens (tertiary/aromatic N) is 1. The molecule has 0 unspecified atom stereocenters. The number of hydrogen-bond donors (Lipinski definition) is 2. The van der Waals surface area contributed by atoms with E-state index in [-0.39, 0.29) is 21.8 Å². The molecule has 0 fully saturated rings. The van der Waals surface area contributed by atoms with E-state index < -0.39 is 35.1 Å². The quantitative estimate of drug-likeness (QED) is 0.453. The van der Waals surface area contributed by atoms with E-state index in [4.69, 9.17) is 16.3 Å². The van der Waals surface area contributed by atoms with Crippen LogP contribution < -0.4 is 10.9 Å². The van der Waals surface area contributed by atoms with Gasteiger partial charge in [0.2, 0.25) is 0 Å². The number of nitrogens with one attached hydrogen (secondary N) is 2. The van der Waals surface area contributed by atoms with E-state index in [9.17, 15) is 28.9 Å². The van der Waals surface area contributed by atoms with Gasteiger partial charge in [-0.25, -0.2) is 9.18 Å². The first-order valence-electron chi connectivity index (χ1n) is 7.24. The third kappa shape index (κ3) is 5.22. The van der Waals surface area contributed by atoms with E-state index in [2.05, 4.69) is 0 Å². The minimum Gasteiger partial charge on any atom is -0.452 e. The number of hydrazine groups is 1. The summed E-state index contributed by atoms with van der Waals surface area (Å²) in [6.07, 6.45) is 0. The average molecular weight is 396 g/mol. The molecule has 11 heteroatoms. The molecule has 2 N–H and O–H groups in total. The zero-order valence-corrected chi connectivity index (χ0v) is 14.2. The zero-order valence-electron chi connectivity index (χ0n) is 13.4. The van der Waals surface area contributed by atoms with Gasteiger partial charge in [-0.15, -0.1) is 0 Å². The van der Waals surface area contributed by atoms with Crippen molar-refractivity contribution in [3.05, 3.63) is 74.5 Å². The average Bonchev–Trinajstić information content (AvgIpc) is 2.64. The van der Waals surface area contributed by atoms with Crippen LogP contribution in [-0.2, 0) is 9.53 Å². The molecule has 2 aromatic carbocycles. The second-order valence-electron chi connectivity index (χ2n) is 4.98. The Labute approximate surface area is 156 Å². The van der Waals surface area contributed by atoms with Gasteiger partial charge in [-0.05, 0) is 18.2 Å². The highest BCUT2D eigenvalue weighted by molar-refractivity contribution is 6.33. The highest BCUT2D eigenvalue weighted by Crippen LogP contribution is 2.23. The number of nitro benzene ring substituents is 1. The highest BCUT2D eigenvalue weighted by Gasteiger charge is 2.18. The number of nitro groups is 1. The van der Waals surface area contributed by atoms with Crippen LogP contribution in [0.2, 0.25) is 5.02 Å². The molecule has 2 aromatic rings. The van der Waals surface area contributed by atoms with Crippen molar-refractivity contribution >= 4 is 35.1 Å². The molecule has 2 rings (SSSR count). The van der Waals surface area contributed by atoms with Crippen LogP contribution in [0.3, 0.4) is 0 Å². The summed E-state index contributed by atoms with van der Waals surface area (Å²) in [6.45, 7) is -0.774. The van der Waals surface area contributed by atoms with E-state index in [0.29, 0.717) is 0 Å². The monoisotopic (exact) mass is 395 g/mol. The predicted molar refractivity (Wildman–Crippen MR) is 90.4 cm³/mol. The number of esters is 1. The van der Waals surface area contributed by atoms with Gasteiger partial charge >= 0.3 is 5.97 Å². The van der Waals surface area contributed by atoms with Crippen LogP contribution in [-0.4, -0.2) is 29.3 Å². The Morgan fingerprint density at radius 3 is 2.44 bits per heavy atom. The molecule has 27 heavy (non-hydrogen) atoms. The normalized spacial score (nSPS) is 10.0. The third-order valence-corrected chi connectivity index (χ3v) is 3.46. The van der Waals surface area contributed by atoms with Gasteiger partial charge in [0.25, 0.3) is 17.5 Å². The molecule has 0 heterocycles. The van der Waals surface area contributed by atoms with Crippen molar-refractivity contribution in [1.29, 1.82) is 0 Å². The third-order valence-electron chi connectivity index (χ3n) is 3.15. The number of ether oxygens (including phenoxy) is 1. The van der Waals surface area contributed by atoms with Gasteiger partial charge in [0.1, 0.15) is 5.82 Å². The van der Waals surface area contributed by atoms with Crippen LogP contribution in [0.1, 0.15) is 20.7 Å². The van der Waals surface area contributed by atoms with E-state index >= 15 is 0 Å². The van der Waals surface area contributed by atoms with Crippen LogP contribution >= 0.6 is 11.6 Å². The lowest BCUT2D eigenvalue weighted by Crippen LogP contribution is -2.43. The van der Waals surface area contributed by atoms with Gasteiger partial charge in [0.15, 0.2) is 6.61 Å². The van der Waals surface area contributed by atoms with E-state index in [1.54, 1.807) is 0 Å². The first kappa shape index (κ1) is 19.8. The minimum atomic E-state index is -0.995. The number of halogens is 2. The predicted octanol–water partition coefficient (Wildman–Crippen LogP) is 2.01. The molecule has 9 nitrogen and oxygen atoms in total. The molecule has 0 saturated carbocycles. The fourth-order valence-electron chi connectivity index (χ4n) is 1.87. The molecule has 0 atom stereocenters. The molecule has 0 aliphatic heterocycles. The molecule has 0 bridgehead atoms. The number of benzene rings is 2. The Balaban J connectivity index is 1.86. The molecule has 0 saturated heterocycles. The summed E-state index contributed by atoms with van der Waals surface area (Å²) in [4.78, 5) is 45.1. The number of carbonyl (C=O) groups excluding carboxylic acids is 3. The van der Waals surface area contributed by atoms with Crippen molar-refractivity contribution in [3.8, 4) is 0 Å². The maximum atomic E-state index is 13.4. The fourth-order valence-corrected chi connectivity index (χ4v) is 2.12. The Hall–Kier alpha value is -3.53. The molecule has 0 aliphatic carbocycles. The number of hydrogen-bond acceptors (Lipinski definition) is 6. The SMILES string of the molecule is O=C(COC(=O)c1ccc([N+](=O)[O-])cc1Cl)NNC(=O)c1ccccc1F. The first-order chi connectivity index (χ1) is 12.8. The summed E-state index contributed by atoms with van der Waals surface area (Å²) in [7, 11) is 0. The summed E-state index contributed by atoms with van der Waals surface area (Å²) in [6, 6.07) is 8.23. The standard InChI is InChI=1S/C16H11ClFN3O6/c17-12-7-9(21(25)26)5-6-10(12)16(24)27-8-14(22)19-20-15(23)11-3-1-2-4-13(11)18/h1-7H,8H2,(H,19,22)(H,20,23). The Bertz CT molecular complexity index is 921. The van der Waals surface area contributed by atoms with Crippen LogP contribution in [0, 0.1) is 15.9 Å². The van der Waals surface area contributed by atoms with Gasteiger partial charge in [-0.2, -0.15) is 0 Å². The summed E-state index contributed by atoms with van der Waals surface area (Å²) >= 11 is 5.77. The maximum absolute atomic E-state index is 13.4. The second-order valence-corrected chi connectivity index (χ2v) is 5.39. The van der Waals surface area contributed by atoms with Crippen molar-refractivity contribution in [1.82, 2.24) is 10.9 Å². The van der Waals surface area contributed by atoms with Gasteiger partial charge in [-0.3, -0.25) is 30.6 Å². The molecule has 0 aromatic heterocycles. The molecule has 0 radical (unpaired) electrons. The summed E-state index contributed by atoms with van der Waals surface area (Å²) in [5.74, 6) is -3.56. The van der Waals surface area contributed by atoms with Crippen molar-refractivity contribution in [2.45, 2.75) is 0 Å². The smallest absolute Gasteiger partial charge is 0.340 e. The largest absolute Gasteiger partial charge is 0.452 e. The molecular weight excluding hydrogens is 385 g/mol. The Kier molecular flexibility index (Phi) is 6.39.